The lowest BCUT2D eigenvalue weighted by Gasteiger charge is -2.03. The zero-order chi connectivity index (χ0) is 19.2. The first-order chi connectivity index (χ1) is 13.0. The molecule has 0 atom stereocenters. The predicted molar refractivity (Wildman–Crippen MR) is 102 cm³/mol. The van der Waals surface area contributed by atoms with Gasteiger partial charge in [-0.25, -0.2) is 4.98 Å². The third kappa shape index (κ3) is 5.24. The van der Waals surface area contributed by atoms with E-state index < -0.39 is 6.61 Å². The van der Waals surface area contributed by atoms with Crippen LogP contribution in [0.2, 0.25) is 0 Å². The summed E-state index contributed by atoms with van der Waals surface area (Å²) in [4.78, 5) is 16.4. The van der Waals surface area contributed by atoms with Crippen LogP contribution in [-0.2, 0) is 4.79 Å². The maximum atomic E-state index is 12.1. The number of ether oxygens (including phenoxy) is 2. The first kappa shape index (κ1) is 18.8. The van der Waals surface area contributed by atoms with Crippen LogP contribution in [0.15, 0.2) is 48.5 Å². The average Bonchev–Trinajstić information content (AvgIpc) is 3.02. The van der Waals surface area contributed by atoms with Crippen LogP contribution in [0.5, 0.6) is 11.5 Å². The molecule has 3 rings (SSSR count). The first-order valence-corrected chi connectivity index (χ1v) is 8.92. The molecule has 1 N–H and O–H groups in total. The molecule has 0 spiro atoms. The Hall–Kier alpha value is -3.00. The summed E-state index contributed by atoms with van der Waals surface area (Å²) in [7, 11) is 0. The molecule has 1 aromatic heterocycles. The zero-order valence-corrected chi connectivity index (χ0v) is 15.1. The Kier molecular flexibility index (Phi) is 5.97. The number of thiazole rings is 1. The molecule has 0 aliphatic rings. The predicted octanol–water partition coefficient (Wildman–Crippen LogP) is 4.95. The maximum absolute atomic E-state index is 12.1. The highest BCUT2D eigenvalue weighted by atomic mass is 32.1. The number of amides is 1. The molecule has 0 bridgehead atoms. The van der Waals surface area contributed by atoms with Gasteiger partial charge in [-0.3, -0.25) is 10.1 Å². The maximum Gasteiger partial charge on any atom is 0.387 e. The minimum atomic E-state index is -2.87. The van der Waals surface area contributed by atoms with Crippen LogP contribution in [0, 0.1) is 0 Å². The summed E-state index contributed by atoms with van der Waals surface area (Å²) in [6.45, 7) is -0.377. The van der Waals surface area contributed by atoms with Crippen molar-refractivity contribution >= 4 is 38.7 Å². The second kappa shape index (κ2) is 8.59. The summed E-state index contributed by atoms with van der Waals surface area (Å²) in [6.07, 6.45) is 2.92. The van der Waals surface area contributed by atoms with Crippen molar-refractivity contribution in [3.63, 3.8) is 0 Å². The van der Waals surface area contributed by atoms with Gasteiger partial charge in [0.05, 0.1) is 16.8 Å². The Bertz CT molecular complexity index is 955. The summed E-state index contributed by atoms with van der Waals surface area (Å²) in [5.41, 5.74) is 1.45. The summed E-state index contributed by atoms with van der Waals surface area (Å²) < 4.78 is 34.9. The molecular formula is C19H16F2N2O3S. The molecule has 27 heavy (non-hydrogen) atoms. The Morgan fingerprint density at radius 3 is 2.67 bits per heavy atom. The number of hydrogen-bond donors (Lipinski definition) is 1. The number of nitrogens with zero attached hydrogens (tertiary/aromatic N) is 1. The molecule has 1 heterocycles. The molecule has 0 unspecified atom stereocenters. The topological polar surface area (TPSA) is 60.5 Å². The van der Waals surface area contributed by atoms with E-state index in [9.17, 15) is 13.6 Å². The molecule has 0 saturated heterocycles. The SMILES string of the molecule is CCOc1ccc2nc(NC(=O)/C=C/c3ccc(OC(F)F)cc3)sc2c1. The van der Waals surface area contributed by atoms with Gasteiger partial charge in [0.2, 0.25) is 5.91 Å². The van der Waals surface area contributed by atoms with Crippen molar-refractivity contribution in [2.75, 3.05) is 11.9 Å². The van der Waals surface area contributed by atoms with Crippen molar-refractivity contribution in [3.8, 4) is 11.5 Å². The molecule has 2 aromatic carbocycles. The molecule has 0 aliphatic heterocycles. The van der Waals surface area contributed by atoms with Crippen LogP contribution >= 0.6 is 11.3 Å². The quantitative estimate of drug-likeness (QED) is 0.580. The summed E-state index contributed by atoms with van der Waals surface area (Å²) >= 11 is 1.35. The minimum Gasteiger partial charge on any atom is -0.494 e. The van der Waals surface area contributed by atoms with Crippen LogP contribution in [0.25, 0.3) is 16.3 Å². The number of hydrogen-bond acceptors (Lipinski definition) is 5. The summed E-state index contributed by atoms with van der Waals surface area (Å²) in [6, 6.07) is 11.5. The van der Waals surface area contributed by atoms with Gasteiger partial charge in [0.1, 0.15) is 11.5 Å². The van der Waals surface area contributed by atoms with Gasteiger partial charge < -0.3 is 9.47 Å². The van der Waals surface area contributed by atoms with E-state index in [0.717, 1.165) is 16.0 Å². The van der Waals surface area contributed by atoms with Gasteiger partial charge in [-0.05, 0) is 48.9 Å². The Morgan fingerprint density at radius 1 is 1.22 bits per heavy atom. The Labute approximate surface area is 158 Å². The summed E-state index contributed by atoms with van der Waals surface area (Å²) in [5.74, 6) is 0.477. The Morgan fingerprint density at radius 2 is 1.96 bits per heavy atom. The number of anilines is 1. The normalized spacial score (nSPS) is 11.3. The van der Waals surface area contributed by atoms with Gasteiger partial charge in [-0.15, -0.1) is 0 Å². The van der Waals surface area contributed by atoms with E-state index in [0.29, 0.717) is 17.3 Å². The number of halogens is 2. The van der Waals surface area contributed by atoms with Crippen LogP contribution in [0.4, 0.5) is 13.9 Å². The van der Waals surface area contributed by atoms with Crippen molar-refractivity contribution in [3.05, 3.63) is 54.1 Å². The fraction of sp³-hybridized carbons (Fsp3) is 0.158. The highest BCUT2D eigenvalue weighted by molar-refractivity contribution is 7.22. The van der Waals surface area contributed by atoms with E-state index in [1.165, 1.54) is 29.5 Å². The number of aromatic nitrogens is 1. The number of alkyl halides is 2. The summed E-state index contributed by atoms with van der Waals surface area (Å²) in [5, 5.41) is 3.19. The van der Waals surface area contributed by atoms with Crippen LogP contribution < -0.4 is 14.8 Å². The van der Waals surface area contributed by atoms with Gasteiger partial charge in [-0.1, -0.05) is 23.5 Å². The number of carbonyl (C=O) groups excluding carboxylic acids is 1. The van der Waals surface area contributed by atoms with Crippen molar-refractivity contribution in [1.29, 1.82) is 0 Å². The van der Waals surface area contributed by atoms with Gasteiger partial charge in [0.25, 0.3) is 0 Å². The van der Waals surface area contributed by atoms with Gasteiger partial charge in [-0.2, -0.15) is 8.78 Å². The lowest BCUT2D eigenvalue weighted by atomic mass is 10.2. The largest absolute Gasteiger partial charge is 0.494 e. The van der Waals surface area contributed by atoms with Gasteiger partial charge >= 0.3 is 6.61 Å². The number of nitrogens with one attached hydrogen (secondary N) is 1. The van der Waals surface area contributed by atoms with E-state index in [2.05, 4.69) is 15.0 Å². The van der Waals surface area contributed by atoms with Crippen molar-refractivity contribution < 1.29 is 23.0 Å². The van der Waals surface area contributed by atoms with Crippen LogP contribution in [0.3, 0.4) is 0 Å². The zero-order valence-electron chi connectivity index (χ0n) is 14.3. The van der Waals surface area contributed by atoms with E-state index in [1.807, 2.05) is 25.1 Å². The van der Waals surface area contributed by atoms with E-state index in [1.54, 1.807) is 18.2 Å². The molecular weight excluding hydrogens is 374 g/mol. The molecule has 0 aliphatic carbocycles. The molecule has 8 heteroatoms. The highest BCUT2D eigenvalue weighted by Crippen LogP contribution is 2.29. The lowest BCUT2D eigenvalue weighted by molar-refractivity contribution is -0.111. The third-order valence-corrected chi connectivity index (χ3v) is 4.37. The van der Waals surface area contributed by atoms with E-state index >= 15 is 0 Å². The minimum absolute atomic E-state index is 0.0625. The number of carbonyl (C=O) groups is 1. The van der Waals surface area contributed by atoms with Crippen molar-refractivity contribution in [2.45, 2.75) is 13.5 Å². The second-order valence-electron chi connectivity index (χ2n) is 5.35. The first-order valence-electron chi connectivity index (χ1n) is 8.11. The molecule has 140 valence electrons. The third-order valence-electron chi connectivity index (χ3n) is 3.43. The van der Waals surface area contributed by atoms with Crippen molar-refractivity contribution in [1.82, 2.24) is 4.98 Å². The second-order valence-corrected chi connectivity index (χ2v) is 6.38. The number of benzene rings is 2. The lowest BCUT2D eigenvalue weighted by Crippen LogP contribution is -2.07. The van der Waals surface area contributed by atoms with E-state index in [-0.39, 0.29) is 11.7 Å². The molecule has 5 nitrogen and oxygen atoms in total. The fourth-order valence-electron chi connectivity index (χ4n) is 2.29. The molecule has 0 fully saturated rings. The molecule has 3 aromatic rings. The average molecular weight is 390 g/mol. The fourth-order valence-corrected chi connectivity index (χ4v) is 3.19. The molecule has 0 radical (unpaired) electrons. The van der Waals surface area contributed by atoms with Crippen molar-refractivity contribution in [2.24, 2.45) is 0 Å². The number of rotatable bonds is 7. The van der Waals surface area contributed by atoms with E-state index in [4.69, 9.17) is 4.74 Å². The van der Waals surface area contributed by atoms with Gasteiger partial charge in [0.15, 0.2) is 5.13 Å². The molecule has 0 saturated carbocycles. The number of fused-ring (bicyclic) bond motifs is 1. The standard InChI is InChI=1S/C19H16F2N2O3S/c1-2-25-14-8-9-15-16(11-14)27-19(22-15)23-17(24)10-5-12-3-6-13(7-4-12)26-18(20)21/h3-11,18H,2H2,1H3,(H,22,23,24)/b10-5+. The molecule has 1 amide bonds. The van der Waals surface area contributed by atoms with Crippen LogP contribution in [-0.4, -0.2) is 24.1 Å². The monoisotopic (exact) mass is 390 g/mol. The smallest absolute Gasteiger partial charge is 0.387 e. The van der Waals surface area contributed by atoms with Gasteiger partial charge in [0, 0.05) is 6.08 Å². The van der Waals surface area contributed by atoms with Crippen LogP contribution in [0.1, 0.15) is 12.5 Å². The Balaban J connectivity index is 1.63. The highest BCUT2D eigenvalue weighted by Gasteiger charge is 2.07.